The van der Waals surface area contributed by atoms with Crippen LogP contribution in [0.25, 0.3) is 0 Å². The lowest BCUT2D eigenvalue weighted by Crippen LogP contribution is -2.15. The number of phenols is 1. The summed E-state index contributed by atoms with van der Waals surface area (Å²) in [7, 11) is -3.75. The molecule has 0 heterocycles. The third-order valence-corrected chi connectivity index (χ3v) is 2.58. The maximum absolute atomic E-state index is 11.0. The van der Waals surface area contributed by atoms with Crippen LogP contribution < -0.4 is 10.9 Å². The smallest absolute Gasteiger partial charge is 0.238 e. The molecule has 0 spiro atoms. The van der Waals surface area contributed by atoms with E-state index in [1.807, 2.05) is 0 Å². The summed E-state index contributed by atoms with van der Waals surface area (Å²) in [6.45, 7) is 0.0141. The molecule has 0 radical (unpaired) electrons. The van der Waals surface area contributed by atoms with Crippen molar-refractivity contribution in [2.75, 3.05) is 0 Å². The second kappa shape index (κ2) is 3.33. The van der Waals surface area contributed by atoms with E-state index < -0.39 is 10.0 Å². The molecule has 72 valence electrons. The topological polar surface area (TPSA) is 106 Å². The van der Waals surface area contributed by atoms with Crippen molar-refractivity contribution in [2.24, 2.45) is 10.9 Å². The summed E-state index contributed by atoms with van der Waals surface area (Å²) in [5.41, 5.74) is 5.59. The van der Waals surface area contributed by atoms with Crippen molar-refractivity contribution in [2.45, 2.75) is 11.4 Å². The van der Waals surface area contributed by atoms with Gasteiger partial charge in [-0.25, -0.2) is 13.6 Å². The molecule has 0 fully saturated rings. The van der Waals surface area contributed by atoms with Gasteiger partial charge in [-0.2, -0.15) is 0 Å². The van der Waals surface area contributed by atoms with Gasteiger partial charge in [0.15, 0.2) is 0 Å². The number of hydrogen-bond acceptors (Lipinski definition) is 4. The van der Waals surface area contributed by atoms with Crippen LogP contribution >= 0.6 is 0 Å². The van der Waals surface area contributed by atoms with Gasteiger partial charge in [0, 0.05) is 6.54 Å². The van der Waals surface area contributed by atoms with Crippen molar-refractivity contribution in [3.63, 3.8) is 0 Å². The summed E-state index contributed by atoms with van der Waals surface area (Å²) >= 11 is 0. The van der Waals surface area contributed by atoms with Gasteiger partial charge < -0.3 is 10.8 Å². The predicted octanol–water partition coefficient (Wildman–Crippen LogP) is -0.502. The monoisotopic (exact) mass is 202 g/mol. The molecule has 0 aromatic heterocycles. The minimum Gasteiger partial charge on any atom is -0.508 e. The van der Waals surface area contributed by atoms with Crippen LogP contribution in [-0.4, -0.2) is 13.5 Å². The Morgan fingerprint density at radius 3 is 2.46 bits per heavy atom. The van der Waals surface area contributed by atoms with Crippen LogP contribution in [0.4, 0.5) is 0 Å². The highest BCUT2D eigenvalue weighted by Gasteiger charge is 2.12. The van der Waals surface area contributed by atoms with E-state index in [2.05, 4.69) is 0 Å². The fraction of sp³-hybridized carbons (Fsp3) is 0.143. The minimum absolute atomic E-state index is 0.0141. The molecule has 0 aliphatic carbocycles. The molecular weight excluding hydrogens is 192 g/mol. The molecule has 6 heteroatoms. The average Bonchev–Trinajstić information content (AvgIpc) is 2.01. The van der Waals surface area contributed by atoms with E-state index in [-0.39, 0.29) is 17.2 Å². The number of benzene rings is 1. The van der Waals surface area contributed by atoms with Crippen LogP contribution in [0.15, 0.2) is 23.1 Å². The van der Waals surface area contributed by atoms with E-state index in [4.69, 9.17) is 16.0 Å². The van der Waals surface area contributed by atoms with Crippen molar-refractivity contribution in [1.29, 1.82) is 0 Å². The standard InChI is InChI=1S/C7H10N2O3S/c8-4-5-3-6(10)1-2-7(5)13(9,11)12/h1-3,10H,4,8H2,(H2,9,11,12). The van der Waals surface area contributed by atoms with Gasteiger partial charge in [-0.15, -0.1) is 0 Å². The summed E-state index contributed by atoms with van der Waals surface area (Å²) in [4.78, 5) is -0.0483. The van der Waals surface area contributed by atoms with Gasteiger partial charge in [-0.05, 0) is 23.8 Å². The Morgan fingerprint density at radius 1 is 1.38 bits per heavy atom. The normalized spacial score (nSPS) is 11.5. The highest BCUT2D eigenvalue weighted by molar-refractivity contribution is 7.89. The van der Waals surface area contributed by atoms with Gasteiger partial charge in [-0.1, -0.05) is 0 Å². The number of sulfonamides is 1. The molecule has 0 atom stereocenters. The summed E-state index contributed by atoms with van der Waals surface area (Å²) in [6.07, 6.45) is 0. The maximum Gasteiger partial charge on any atom is 0.238 e. The lowest BCUT2D eigenvalue weighted by atomic mass is 10.2. The zero-order valence-electron chi connectivity index (χ0n) is 6.77. The summed E-state index contributed by atoms with van der Waals surface area (Å²) in [5.74, 6) is -0.0344. The average molecular weight is 202 g/mol. The number of rotatable bonds is 2. The minimum atomic E-state index is -3.75. The quantitative estimate of drug-likeness (QED) is 0.600. The molecule has 0 bridgehead atoms. The molecule has 0 aliphatic heterocycles. The van der Waals surface area contributed by atoms with E-state index in [1.54, 1.807) is 0 Å². The number of hydrogen-bond donors (Lipinski definition) is 3. The van der Waals surface area contributed by atoms with Crippen LogP contribution in [0.3, 0.4) is 0 Å². The van der Waals surface area contributed by atoms with Gasteiger partial charge >= 0.3 is 0 Å². The Morgan fingerprint density at radius 2 is 2.00 bits per heavy atom. The molecule has 1 aromatic rings. The van der Waals surface area contributed by atoms with Crippen LogP contribution in [0.2, 0.25) is 0 Å². The zero-order chi connectivity index (χ0) is 10.1. The van der Waals surface area contributed by atoms with Crippen LogP contribution in [0, 0.1) is 0 Å². The number of nitrogens with two attached hydrogens (primary N) is 2. The van der Waals surface area contributed by atoms with Crippen molar-refractivity contribution in [3.8, 4) is 5.75 Å². The number of primary sulfonamides is 1. The molecule has 1 rings (SSSR count). The maximum atomic E-state index is 11.0. The van der Waals surface area contributed by atoms with Crippen LogP contribution in [0.5, 0.6) is 5.75 Å². The molecule has 13 heavy (non-hydrogen) atoms. The lowest BCUT2D eigenvalue weighted by molar-refractivity contribution is 0.474. The SMILES string of the molecule is NCc1cc(O)ccc1S(N)(=O)=O. The first-order valence-corrected chi connectivity index (χ1v) is 5.04. The van der Waals surface area contributed by atoms with Gasteiger partial charge in [0.1, 0.15) is 5.75 Å². The third-order valence-electron chi connectivity index (χ3n) is 1.57. The van der Waals surface area contributed by atoms with Gasteiger partial charge in [-0.3, -0.25) is 0 Å². The van der Waals surface area contributed by atoms with Gasteiger partial charge in [0.2, 0.25) is 10.0 Å². The zero-order valence-corrected chi connectivity index (χ0v) is 7.58. The Hall–Kier alpha value is -1.11. The second-order valence-electron chi connectivity index (χ2n) is 2.54. The van der Waals surface area contributed by atoms with E-state index >= 15 is 0 Å². The molecular formula is C7H10N2O3S. The molecule has 0 saturated carbocycles. The number of aromatic hydroxyl groups is 1. The Balaban J connectivity index is 3.39. The van der Waals surface area contributed by atoms with E-state index in [0.29, 0.717) is 5.56 Å². The van der Waals surface area contributed by atoms with Crippen molar-refractivity contribution >= 4 is 10.0 Å². The van der Waals surface area contributed by atoms with Crippen molar-refractivity contribution in [3.05, 3.63) is 23.8 Å². The summed E-state index contributed by atoms with van der Waals surface area (Å²) in [5, 5.41) is 14.0. The van der Waals surface area contributed by atoms with E-state index in [0.717, 1.165) is 0 Å². The predicted molar refractivity (Wildman–Crippen MR) is 47.4 cm³/mol. The van der Waals surface area contributed by atoms with E-state index in [9.17, 15) is 8.42 Å². The van der Waals surface area contributed by atoms with Gasteiger partial charge in [0.05, 0.1) is 4.90 Å². The lowest BCUT2D eigenvalue weighted by Gasteiger charge is -2.05. The van der Waals surface area contributed by atoms with Crippen LogP contribution in [0.1, 0.15) is 5.56 Å². The fourth-order valence-electron chi connectivity index (χ4n) is 1.00. The fourth-order valence-corrected chi connectivity index (χ4v) is 1.77. The van der Waals surface area contributed by atoms with E-state index in [1.165, 1.54) is 18.2 Å². The van der Waals surface area contributed by atoms with Crippen molar-refractivity contribution < 1.29 is 13.5 Å². The Labute approximate surface area is 76.0 Å². The first kappa shape index (κ1) is 9.97. The molecule has 0 saturated heterocycles. The third kappa shape index (κ3) is 2.18. The highest BCUT2D eigenvalue weighted by atomic mass is 32.2. The Bertz CT molecular complexity index is 414. The second-order valence-corrected chi connectivity index (χ2v) is 4.07. The highest BCUT2D eigenvalue weighted by Crippen LogP contribution is 2.19. The van der Waals surface area contributed by atoms with Gasteiger partial charge in [0.25, 0.3) is 0 Å². The summed E-state index contributed by atoms with van der Waals surface area (Å²) < 4.78 is 21.9. The first-order valence-electron chi connectivity index (χ1n) is 3.50. The molecule has 0 unspecified atom stereocenters. The number of phenolic OH excluding ortho intramolecular Hbond substituents is 1. The molecule has 1 aromatic carbocycles. The van der Waals surface area contributed by atoms with Crippen molar-refractivity contribution in [1.82, 2.24) is 0 Å². The molecule has 5 N–H and O–H groups in total. The largest absolute Gasteiger partial charge is 0.508 e. The molecule has 5 nitrogen and oxygen atoms in total. The Kier molecular flexibility index (Phi) is 2.55. The molecule has 0 amide bonds. The molecule has 0 aliphatic rings. The van der Waals surface area contributed by atoms with Crippen LogP contribution in [-0.2, 0) is 16.6 Å². The summed E-state index contributed by atoms with van der Waals surface area (Å²) in [6, 6.07) is 3.76. The first-order chi connectivity index (χ1) is 5.95.